The topological polar surface area (TPSA) is 72.2 Å². The molecule has 1 heterocycles. The van der Waals surface area contributed by atoms with Crippen molar-refractivity contribution in [1.29, 1.82) is 0 Å². The molecule has 0 aromatic carbocycles. The molecule has 2 N–H and O–H groups in total. The molecule has 0 unspecified atom stereocenters. The third-order valence-corrected chi connectivity index (χ3v) is 0.807. The Morgan fingerprint density at radius 3 is 1.70 bits per heavy atom. The molecule has 0 aliphatic rings. The first-order valence-corrected chi connectivity index (χ1v) is 2.48. The van der Waals surface area contributed by atoms with Gasteiger partial charge < -0.3 is 21.1 Å². The van der Waals surface area contributed by atoms with E-state index in [4.69, 9.17) is 23.2 Å². The van der Waals surface area contributed by atoms with Gasteiger partial charge in [0, 0.05) is 6.33 Å². The van der Waals surface area contributed by atoms with Crippen molar-refractivity contribution in [2.45, 2.75) is 0 Å². The van der Waals surface area contributed by atoms with Gasteiger partial charge in [-0.15, -0.1) is 23.2 Å². The van der Waals surface area contributed by atoms with E-state index in [2.05, 4.69) is 21.3 Å². The van der Waals surface area contributed by atoms with Crippen LogP contribution in [-0.4, -0.2) is 15.0 Å². The molecule has 0 atom stereocenters. The molecule has 0 spiro atoms. The van der Waals surface area contributed by atoms with E-state index in [1.165, 1.54) is 0 Å². The van der Waals surface area contributed by atoms with Gasteiger partial charge in [-0.3, -0.25) is 0 Å². The van der Waals surface area contributed by atoms with Gasteiger partial charge in [-0.2, -0.15) is 0 Å². The van der Waals surface area contributed by atoms with Crippen molar-refractivity contribution in [3.05, 3.63) is 23.0 Å². The summed E-state index contributed by atoms with van der Waals surface area (Å²) < 4.78 is 0. The van der Waals surface area contributed by atoms with Crippen LogP contribution in [0.25, 0.3) is 6.15 Å². The summed E-state index contributed by atoms with van der Waals surface area (Å²) in [4.78, 5) is 10.2. The van der Waals surface area contributed by atoms with Gasteiger partial charge >= 0.3 is 17.1 Å². The van der Waals surface area contributed by atoms with Crippen molar-refractivity contribution in [2.24, 2.45) is 0 Å². The van der Waals surface area contributed by atoms with Gasteiger partial charge in [-0.05, 0) is 0 Å². The molecule has 59 valence electrons. The van der Waals surface area contributed by atoms with E-state index in [-0.39, 0.29) is 33.8 Å². The van der Waals surface area contributed by atoms with E-state index < -0.39 is 0 Å². The minimum atomic E-state index is 0. The van der Waals surface area contributed by atoms with E-state index in [9.17, 15) is 0 Å². The molecule has 7 heteroatoms. The van der Waals surface area contributed by atoms with E-state index in [0.29, 0.717) is 0 Å². The average molecular weight is 229 g/mol. The van der Waals surface area contributed by atoms with Crippen LogP contribution in [0.3, 0.4) is 0 Å². The summed E-state index contributed by atoms with van der Waals surface area (Å²) in [5.41, 5.74) is 0. The molecule has 0 amide bonds. The van der Waals surface area contributed by atoms with E-state index in [0.717, 1.165) is 0 Å². The second kappa shape index (κ2) is 5.82. The zero-order valence-electron chi connectivity index (χ0n) is 4.48. The first-order valence-electron chi connectivity index (χ1n) is 1.72. The minimum absolute atomic E-state index is 0. The van der Waals surface area contributed by atoms with E-state index >= 15 is 0 Å². The SMILES string of the molecule is Clc1n[c-]nc(Cl)n1.[Cu+2].[NH2-]. The third kappa shape index (κ3) is 3.98. The Morgan fingerprint density at radius 2 is 1.50 bits per heavy atom. The second-order valence-corrected chi connectivity index (χ2v) is 1.65. The number of nitrogens with two attached hydrogens (primary N) is 1. The Kier molecular flexibility index (Phi) is 7.41. The van der Waals surface area contributed by atoms with Gasteiger partial charge in [0.1, 0.15) is 10.6 Å². The fourth-order valence-corrected chi connectivity index (χ4v) is 0.513. The predicted octanol–water partition coefficient (Wildman–Crippen LogP) is 1.69. The molecule has 0 aliphatic carbocycles. The zero-order chi connectivity index (χ0) is 5.98. The third-order valence-electron chi connectivity index (χ3n) is 0.469. The quantitative estimate of drug-likeness (QED) is 0.501. The van der Waals surface area contributed by atoms with Crippen molar-refractivity contribution < 1.29 is 17.1 Å². The normalized spacial score (nSPS) is 7.40. The van der Waals surface area contributed by atoms with E-state index in [1.807, 2.05) is 0 Å². The molecule has 0 fully saturated rings. The van der Waals surface area contributed by atoms with E-state index in [1.54, 1.807) is 0 Å². The van der Waals surface area contributed by atoms with Crippen LogP contribution < -0.4 is 0 Å². The van der Waals surface area contributed by atoms with Crippen LogP contribution in [0.4, 0.5) is 0 Å². The predicted molar refractivity (Wildman–Crippen MR) is 34.0 cm³/mol. The van der Waals surface area contributed by atoms with Gasteiger partial charge in [0.2, 0.25) is 0 Å². The smallest absolute Gasteiger partial charge is 0.693 e. The number of hydrogen-bond donors (Lipinski definition) is 0. The van der Waals surface area contributed by atoms with Crippen LogP contribution in [0.1, 0.15) is 0 Å². The monoisotopic (exact) mass is 227 g/mol. The molecule has 0 saturated heterocycles. The van der Waals surface area contributed by atoms with Crippen LogP contribution in [0.15, 0.2) is 0 Å². The van der Waals surface area contributed by atoms with Gasteiger partial charge in [-0.1, -0.05) is 0 Å². The minimum Gasteiger partial charge on any atom is -0.693 e. The average Bonchev–Trinajstić information content (AvgIpc) is 1.64. The molecular weight excluding hydrogens is 227 g/mol. The summed E-state index contributed by atoms with van der Waals surface area (Å²) in [5.74, 6) is 0. The summed E-state index contributed by atoms with van der Waals surface area (Å²) in [7, 11) is 0. The number of aromatic nitrogens is 3. The Hall–Kier alpha value is 0.0695. The summed E-state index contributed by atoms with van der Waals surface area (Å²) in [6.45, 7) is 0. The first-order chi connectivity index (χ1) is 3.79. The van der Waals surface area contributed by atoms with Crippen LogP contribution in [0.5, 0.6) is 0 Å². The molecular formula is C3H2Cl2CuN4. The number of halogens is 2. The molecule has 1 rings (SSSR count). The Labute approximate surface area is 78.4 Å². The van der Waals surface area contributed by atoms with Crippen LogP contribution in [-0.2, 0) is 17.1 Å². The van der Waals surface area contributed by atoms with Crippen molar-refractivity contribution in [3.8, 4) is 0 Å². The molecule has 4 nitrogen and oxygen atoms in total. The van der Waals surface area contributed by atoms with Gasteiger partial charge in [0.05, 0.1) is 0 Å². The molecule has 1 aromatic heterocycles. The standard InChI is InChI=1S/C3Cl2N3.Cu.H2N/c4-2-6-1-7-3(5)8-2;;/h;;1H2/q-1;+2;-1. The molecule has 10 heavy (non-hydrogen) atoms. The fourth-order valence-electron chi connectivity index (χ4n) is 0.234. The summed E-state index contributed by atoms with van der Waals surface area (Å²) >= 11 is 10.5. The molecule has 0 bridgehead atoms. The van der Waals surface area contributed by atoms with Gasteiger partial charge in [0.15, 0.2) is 0 Å². The van der Waals surface area contributed by atoms with Crippen molar-refractivity contribution in [2.75, 3.05) is 0 Å². The van der Waals surface area contributed by atoms with Crippen LogP contribution in [0, 0.1) is 6.33 Å². The Bertz CT molecular complexity index is 178. The van der Waals surface area contributed by atoms with Crippen molar-refractivity contribution in [3.63, 3.8) is 0 Å². The van der Waals surface area contributed by atoms with Crippen molar-refractivity contribution in [1.82, 2.24) is 15.0 Å². The molecule has 0 saturated carbocycles. The molecule has 1 radical (unpaired) electrons. The number of rotatable bonds is 0. The fraction of sp³-hybridized carbons (Fsp3) is 0. The van der Waals surface area contributed by atoms with Crippen LogP contribution >= 0.6 is 23.2 Å². The maximum Gasteiger partial charge on any atom is 2.00 e. The Balaban J connectivity index is 0. The second-order valence-electron chi connectivity index (χ2n) is 0.973. The van der Waals surface area contributed by atoms with Gasteiger partial charge in [0.25, 0.3) is 0 Å². The largest absolute Gasteiger partial charge is 2.00 e. The maximum absolute atomic E-state index is 5.27. The number of nitrogens with zero attached hydrogens (tertiary/aromatic N) is 3. The summed E-state index contributed by atoms with van der Waals surface area (Å²) in [5, 5.41) is 0.120. The zero-order valence-corrected chi connectivity index (χ0v) is 6.93. The molecule has 1 aromatic rings. The Morgan fingerprint density at radius 1 is 1.10 bits per heavy atom. The van der Waals surface area contributed by atoms with Gasteiger partial charge in [-0.25, -0.2) is 0 Å². The molecule has 0 aliphatic heterocycles. The number of hydrogen-bond acceptors (Lipinski definition) is 3. The van der Waals surface area contributed by atoms with Crippen molar-refractivity contribution >= 4 is 23.2 Å². The van der Waals surface area contributed by atoms with Crippen LogP contribution in [0.2, 0.25) is 10.6 Å². The first kappa shape index (κ1) is 12.7. The summed E-state index contributed by atoms with van der Waals surface area (Å²) in [6.07, 6.45) is 2.20. The maximum atomic E-state index is 5.27. The summed E-state index contributed by atoms with van der Waals surface area (Å²) in [6, 6.07) is 0.